The Morgan fingerprint density at radius 1 is 1.67 bits per heavy atom. The van der Waals surface area contributed by atoms with Gasteiger partial charge in [-0.25, -0.2) is 0 Å². The standard InChI is InChI=1S/C11H21NO3/c1-3-15-11(14)10-5-4-6-12(8-10)7-9(2)13/h9-10,13H,3-8H2,1-2H3/t9-,10?/m0/s1. The summed E-state index contributed by atoms with van der Waals surface area (Å²) in [6, 6.07) is 0. The minimum atomic E-state index is -0.328. The Kier molecular flexibility index (Phi) is 5.05. The van der Waals surface area contributed by atoms with Crippen molar-refractivity contribution in [3.05, 3.63) is 0 Å². The summed E-state index contributed by atoms with van der Waals surface area (Å²) in [5, 5.41) is 9.28. The van der Waals surface area contributed by atoms with E-state index >= 15 is 0 Å². The van der Waals surface area contributed by atoms with Gasteiger partial charge in [-0.1, -0.05) is 0 Å². The van der Waals surface area contributed by atoms with Gasteiger partial charge in [0.15, 0.2) is 0 Å². The lowest BCUT2D eigenvalue weighted by atomic mass is 9.98. The second-order valence-corrected chi connectivity index (χ2v) is 4.20. The highest BCUT2D eigenvalue weighted by Gasteiger charge is 2.26. The number of hydrogen-bond donors (Lipinski definition) is 1. The van der Waals surface area contributed by atoms with Crippen LogP contribution in [0.3, 0.4) is 0 Å². The molecule has 0 aromatic rings. The molecule has 0 amide bonds. The molecule has 1 rings (SSSR count). The van der Waals surface area contributed by atoms with E-state index in [4.69, 9.17) is 4.74 Å². The zero-order valence-corrected chi connectivity index (χ0v) is 9.61. The Balaban J connectivity index is 2.38. The first-order valence-electron chi connectivity index (χ1n) is 5.70. The number of piperidine rings is 1. The predicted molar refractivity (Wildman–Crippen MR) is 57.5 cm³/mol. The van der Waals surface area contributed by atoms with E-state index in [9.17, 15) is 9.90 Å². The number of β-amino-alcohol motifs (C(OH)–C–C–N with tert-alkyl or cyclic N) is 1. The van der Waals surface area contributed by atoms with Crippen molar-refractivity contribution >= 4 is 5.97 Å². The number of likely N-dealkylation sites (tertiary alicyclic amines) is 1. The predicted octanol–water partition coefficient (Wildman–Crippen LogP) is 0.642. The van der Waals surface area contributed by atoms with E-state index in [2.05, 4.69) is 4.90 Å². The van der Waals surface area contributed by atoms with E-state index in [0.717, 1.165) is 25.9 Å². The zero-order chi connectivity index (χ0) is 11.3. The van der Waals surface area contributed by atoms with Gasteiger partial charge in [-0.15, -0.1) is 0 Å². The van der Waals surface area contributed by atoms with Crippen LogP contribution in [0.2, 0.25) is 0 Å². The zero-order valence-electron chi connectivity index (χ0n) is 9.61. The first-order chi connectivity index (χ1) is 7.13. The molecular formula is C11H21NO3. The molecule has 1 aliphatic rings. The molecule has 1 fully saturated rings. The van der Waals surface area contributed by atoms with Crippen LogP contribution in [0.4, 0.5) is 0 Å². The molecule has 1 unspecified atom stereocenters. The molecule has 1 N–H and O–H groups in total. The molecule has 0 aliphatic carbocycles. The number of rotatable bonds is 4. The fraction of sp³-hybridized carbons (Fsp3) is 0.909. The number of hydrogen-bond acceptors (Lipinski definition) is 4. The number of ether oxygens (including phenoxy) is 1. The number of aliphatic hydroxyl groups is 1. The molecule has 1 aliphatic heterocycles. The maximum atomic E-state index is 11.5. The van der Waals surface area contributed by atoms with E-state index in [0.29, 0.717) is 13.2 Å². The average molecular weight is 215 g/mol. The molecule has 88 valence electrons. The maximum Gasteiger partial charge on any atom is 0.310 e. The van der Waals surface area contributed by atoms with Gasteiger partial charge in [-0.3, -0.25) is 9.69 Å². The van der Waals surface area contributed by atoms with Crippen LogP contribution in [0.1, 0.15) is 26.7 Å². The van der Waals surface area contributed by atoms with E-state index in [-0.39, 0.29) is 18.0 Å². The third-order valence-corrected chi connectivity index (χ3v) is 2.65. The molecule has 1 saturated heterocycles. The molecule has 15 heavy (non-hydrogen) atoms. The van der Waals surface area contributed by atoms with Gasteiger partial charge in [-0.2, -0.15) is 0 Å². The van der Waals surface area contributed by atoms with Crippen molar-refractivity contribution in [1.29, 1.82) is 0 Å². The normalized spacial score (nSPS) is 24.9. The average Bonchev–Trinajstić information content (AvgIpc) is 2.17. The summed E-state index contributed by atoms with van der Waals surface area (Å²) in [5.74, 6) is -0.0924. The third kappa shape index (κ3) is 4.18. The second-order valence-electron chi connectivity index (χ2n) is 4.20. The molecule has 0 aromatic heterocycles. The monoisotopic (exact) mass is 215 g/mol. The first-order valence-corrected chi connectivity index (χ1v) is 5.70. The maximum absolute atomic E-state index is 11.5. The Bertz CT molecular complexity index is 206. The smallest absolute Gasteiger partial charge is 0.310 e. The molecule has 0 bridgehead atoms. The Morgan fingerprint density at radius 2 is 2.40 bits per heavy atom. The highest BCUT2D eigenvalue weighted by atomic mass is 16.5. The Hall–Kier alpha value is -0.610. The van der Waals surface area contributed by atoms with Gasteiger partial charge in [0, 0.05) is 13.1 Å². The lowest BCUT2D eigenvalue weighted by Gasteiger charge is -2.32. The molecule has 4 nitrogen and oxygen atoms in total. The van der Waals surface area contributed by atoms with Crippen LogP contribution in [-0.4, -0.2) is 48.3 Å². The summed E-state index contributed by atoms with van der Waals surface area (Å²) in [5.41, 5.74) is 0. The van der Waals surface area contributed by atoms with Crippen molar-refractivity contribution in [1.82, 2.24) is 4.90 Å². The van der Waals surface area contributed by atoms with Crippen LogP contribution in [0.25, 0.3) is 0 Å². The lowest BCUT2D eigenvalue weighted by molar-refractivity contribution is -0.150. The number of nitrogens with zero attached hydrogens (tertiary/aromatic N) is 1. The van der Waals surface area contributed by atoms with Crippen LogP contribution in [-0.2, 0) is 9.53 Å². The minimum absolute atomic E-state index is 0.00236. The highest BCUT2D eigenvalue weighted by molar-refractivity contribution is 5.72. The fourth-order valence-corrected chi connectivity index (χ4v) is 2.05. The van der Waals surface area contributed by atoms with E-state index < -0.39 is 0 Å². The van der Waals surface area contributed by atoms with E-state index in [1.165, 1.54) is 0 Å². The number of esters is 1. The van der Waals surface area contributed by atoms with Crippen molar-refractivity contribution in [3.63, 3.8) is 0 Å². The van der Waals surface area contributed by atoms with Crippen LogP contribution in [0, 0.1) is 5.92 Å². The fourth-order valence-electron chi connectivity index (χ4n) is 2.05. The minimum Gasteiger partial charge on any atom is -0.466 e. The number of aliphatic hydroxyl groups excluding tert-OH is 1. The van der Waals surface area contributed by atoms with Gasteiger partial charge in [0.25, 0.3) is 0 Å². The van der Waals surface area contributed by atoms with Crippen molar-refractivity contribution in [2.75, 3.05) is 26.2 Å². The summed E-state index contributed by atoms with van der Waals surface area (Å²) in [4.78, 5) is 13.7. The second kappa shape index (κ2) is 6.08. The van der Waals surface area contributed by atoms with Crippen molar-refractivity contribution in [3.8, 4) is 0 Å². The quantitative estimate of drug-likeness (QED) is 0.699. The van der Waals surface area contributed by atoms with Gasteiger partial charge >= 0.3 is 5.97 Å². The summed E-state index contributed by atoms with van der Waals surface area (Å²) in [7, 11) is 0. The van der Waals surface area contributed by atoms with Gasteiger partial charge in [0.05, 0.1) is 18.6 Å². The van der Waals surface area contributed by atoms with Gasteiger partial charge < -0.3 is 9.84 Å². The third-order valence-electron chi connectivity index (χ3n) is 2.65. The molecule has 0 aromatic carbocycles. The summed E-state index contributed by atoms with van der Waals surface area (Å²) >= 11 is 0. The summed E-state index contributed by atoms with van der Waals surface area (Å²) < 4.78 is 5.01. The van der Waals surface area contributed by atoms with Crippen LogP contribution in [0.5, 0.6) is 0 Å². The highest BCUT2D eigenvalue weighted by Crippen LogP contribution is 2.17. The topological polar surface area (TPSA) is 49.8 Å². The van der Waals surface area contributed by atoms with Gasteiger partial charge in [0.2, 0.25) is 0 Å². The molecule has 0 radical (unpaired) electrons. The van der Waals surface area contributed by atoms with E-state index in [1.807, 2.05) is 6.92 Å². The molecule has 2 atom stereocenters. The molecule has 0 spiro atoms. The number of carbonyl (C=O) groups excluding carboxylic acids is 1. The number of carbonyl (C=O) groups is 1. The molecule has 1 heterocycles. The van der Waals surface area contributed by atoms with Crippen LogP contribution < -0.4 is 0 Å². The van der Waals surface area contributed by atoms with Crippen LogP contribution in [0.15, 0.2) is 0 Å². The lowest BCUT2D eigenvalue weighted by Crippen LogP contribution is -2.42. The van der Waals surface area contributed by atoms with Crippen molar-refractivity contribution in [2.45, 2.75) is 32.8 Å². The molecule has 4 heteroatoms. The van der Waals surface area contributed by atoms with Crippen LogP contribution >= 0.6 is 0 Å². The Morgan fingerprint density at radius 3 is 3.00 bits per heavy atom. The van der Waals surface area contributed by atoms with Crippen molar-refractivity contribution in [2.24, 2.45) is 5.92 Å². The SMILES string of the molecule is CCOC(=O)C1CCCN(C[C@H](C)O)C1. The van der Waals surface area contributed by atoms with Gasteiger partial charge in [-0.05, 0) is 33.2 Å². The van der Waals surface area contributed by atoms with E-state index in [1.54, 1.807) is 6.92 Å². The first kappa shape index (κ1) is 12.5. The molecular weight excluding hydrogens is 194 g/mol. The Labute approximate surface area is 91.2 Å². The summed E-state index contributed by atoms with van der Waals surface area (Å²) in [6.07, 6.45) is 1.59. The summed E-state index contributed by atoms with van der Waals surface area (Å²) in [6.45, 7) is 6.40. The van der Waals surface area contributed by atoms with Gasteiger partial charge in [0.1, 0.15) is 0 Å². The molecule has 0 saturated carbocycles. The largest absolute Gasteiger partial charge is 0.466 e. The van der Waals surface area contributed by atoms with Crippen molar-refractivity contribution < 1.29 is 14.6 Å².